The predicted molar refractivity (Wildman–Crippen MR) is 125 cm³/mol. The number of benzene rings is 2. The molecule has 0 amide bonds. The maximum atomic E-state index is 10.8. The summed E-state index contributed by atoms with van der Waals surface area (Å²) in [4.78, 5) is 20.2. The lowest BCUT2D eigenvalue weighted by atomic mass is 9.99. The molecule has 0 spiro atoms. The zero-order valence-corrected chi connectivity index (χ0v) is 19.3. The number of halogens is 1. The Morgan fingerprint density at radius 2 is 2.09 bits per heavy atom. The number of aliphatic carboxylic acids is 1. The minimum Gasteiger partial charge on any atom is -0.482 e. The molecule has 0 aliphatic carbocycles. The van der Waals surface area contributed by atoms with Crippen molar-refractivity contribution in [2.75, 3.05) is 31.1 Å². The molecule has 2 heterocycles. The van der Waals surface area contributed by atoms with Crippen LogP contribution in [0.3, 0.4) is 0 Å². The van der Waals surface area contributed by atoms with Crippen molar-refractivity contribution in [2.24, 2.45) is 5.92 Å². The molecule has 1 fully saturated rings. The fourth-order valence-corrected chi connectivity index (χ4v) is 4.39. The number of ether oxygens (including phenoxy) is 1. The van der Waals surface area contributed by atoms with Gasteiger partial charge >= 0.3 is 5.97 Å². The van der Waals surface area contributed by atoms with Crippen LogP contribution in [0.25, 0.3) is 11.1 Å². The molecule has 170 valence electrons. The molecule has 8 heteroatoms. The highest BCUT2D eigenvalue weighted by Crippen LogP contribution is 2.30. The van der Waals surface area contributed by atoms with Crippen LogP contribution in [0.2, 0.25) is 5.02 Å². The van der Waals surface area contributed by atoms with Crippen molar-refractivity contribution in [2.45, 2.75) is 33.4 Å². The maximum Gasteiger partial charge on any atom is 0.341 e. The van der Waals surface area contributed by atoms with Crippen LogP contribution in [0.1, 0.15) is 25.0 Å². The SMILES string of the molecule is Cc1cc(CN2CCN(c3nc4ccc(Cl)cc4o3)[C@@H](C(C)C)C2)cc(OCC(=O)O)c1. The van der Waals surface area contributed by atoms with Gasteiger partial charge in [0.15, 0.2) is 12.2 Å². The fraction of sp³-hybridized carbons (Fsp3) is 0.417. The van der Waals surface area contributed by atoms with Gasteiger partial charge in [0, 0.05) is 43.3 Å². The van der Waals surface area contributed by atoms with E-state index in [2.05, 4.69) is 29.7 Å². The van der Waals surface area contributed by atoms with Crippen LogP contribution in [0, 0.1) is 12.8 Å². The van der Waals surface area contributed by atoms with E-state index in [0.29, 0.717) is 28.3 Å². The molecule has 1 aliphatic rings. The van der Waals surface area contributed by atoms with Gasteiger partial charge < -0.3 is 19.2 Å². The first-order valence-electron chi connectivity index (χ1n) is 10.8. The van der Waals surface area contributed by atoms with Crippen LogP contribution in [0.15, 0.2) is 40.8 Å². The molecule has 1 aliphatic heterocycles. The van der Waals surface area contributed by atoms with Crippen molar-refractivity contribution in [3.63, 3.8) is 0 Å². The summed E-state index contributed by atoms with van der Waals surface area (Å²) in [5, 5.41) is 9.51. The van der Waals surface area contributed by atoms with E-state index in [1.165, 1.54) is 0 Å². The lowest BCUT2D eigenvalue weighted by molar-refractivity contribution is -0.139. The lowest BCUT2D eigenvalue weighted by Gasteiger charge is -2.42. The van der Waals surface area contributed by atoms with E-state index in [-0.39, 0.29) is 12.6 Å². The summed E-state index contributed by atoms with van der Waals surface area (Å²) >= 11 is 6.10. The second kappa shape index (κ2) is 9.38. The number of carboxylic acids is 1. The number of anilines is 1. The Balaban J connectivity index is 1.49. The number of carbonyl (C=O) groups is 1. The van der Waals surface area contributed by atoms with Crippen molar-refractivity contribution < 1.29 is 19.1 Å². The van der Waals surface area contributed by atoms with Gasteiger partial charge in [0.1, 0.15) is 11.3 Å². The van der Waals surface area contributed by atoms with Crippen molar-refractivity contribution in [3.8, 4) is 5.75 Å². The number of hydrogen-bond acceptors (Lipinski definition) is 6. The molecule has 3 aromatic rings. The zero-order valence-electron chi connectivity index (χ0n) is 18.5. The van der Waals surface area contributed by atoms with Crippen molar-refractivity contribution in [1.29, 1.82) is 0 Å². The summed E-state index contributed by atoms with van der Waals surface area (Å²) in [6.45, 7) is 9.38. The second-order valence-electron chi connectivity index (χ2n) is 8.69. The average Bonchev–Trinajstić information content (AvgIpc) is 3.14. The van der Waals surface area contributed by atoms with Gasteiger partial charge in [-0.3, -0.25) is 4.90 Å². The van der Waals surface area contributed by atoms with Gasteiger partial charge in [0.2, 0.25) is 0 Å². The minimum atomic E-state index is -0.981. The highest BCUT2D eigenvalue weighted by atomic mass is 35.5. The molecular formula is C24H28ClN3O4. The molecule has 7 nitrogen and oxygen atoms in total. The van der Waals surface area contributed by atoms with Gasteiger partial charge in [-0.05, 0) is 48.2 Å². The molecule has 1 N–H and O–H groups in total. The van der Waals surface area contributed by atoms with Gasteiger partial charge in [-0.15, -0.1) is 0 Å². The summed E-state index contributed by atoms with van der Waals surface area (Å²) in [6.07, 6.45) is 0. The highest BCUT2D eigenvalue weighted by molar-refractivity contribution is 6.31. The van der Waals surface area contributed by atoms with E-state index >= 15 is 0 Å². The highest BCUT2D eigenvalue weighted by Gasteiger charge is 2.32. The van der Waals surface area contributed by atoms with Gasteiger partial charge in [-0.1, -0.05) is 31.5 Å². The number of hydrogen-bond donors (Lipinski definition) is 1. The van der Waals surface area contributed by atoms with Gasteiger partial charge in [0.25, 0.3) is 6.01 Å². The minimum absolute atomic E-state index is 0.250. The number of carboxylic acid groups (broad SMARTS) is 1. The van der Waals surface area contributed by atoms with E-state index in [4.69, 9.17) is 30.8 Å². The van der Waals surface area contributed by atoms with Gasteiger partial charge in [-0.25, -0.2) is 4.79 Å². The maximum absolute atomic E-state index is 10.8. The first-order chi connectivity index (χ1) is 15.3. The number of piperazine rings is 1. The fourth-order valence-electron chi connectivity index (χ4n) is 4.23. The Morgan fingerprint density at radius 3 is 2.84 bits per heavy atom. The molecule has 32 heavy (non-hydrogen) atoms. The topological polar surface area (TPSA) is 79.0 Å². The van der Waals surface area contributed by atoms with E-state index in [0.717, 1.165) is 42.8 Å². The largest absolute Gasteiger partial charge is 0.482 e. The molecule has 0 saturated carbocycles. The number of rotatable bonds is 7. The Labute approximate surface area is 192 Å². The summed E-state index contributed by atoms with van der Waals surface area (Å²) in [6, 6.07) is 12.3. The second-order valence-corrected chi connectivity index (χ2v) is 9.12. The molecule has 0 radical (unpaired) electrons. The number of oxazole rings is 1. The van der Waals surface area contributed by atoms with Crippen molar-refractivity contribution in [3.05, 3.63) is 52.5 Å². The van der Waals surface area contributed by atoms with Crippen LogP contribution in [-0.2, 0) is 11.3 Å². The first kappa shape index (κ1) is 22.4. The molecular weight excluding hydrogens is 430 g/mol. The molecule has 0 bridgehead atoms. The van der Waals surface area contributed by atoms with Gasteiger partial charge in [0.05, 0.1) is 0 Å². The monoisotopic (exact) mass is 457 g/mol. The van der Waals surface area contributed by atoms with Crippen LogP contribution < -0.4 is 9.64 Å². The third kappa shape index (κ3) is 5.16. The molecule has 4 rings (SSSR count). The molecule has 1 aromatic heterocycles. The van der Waals surface area contributed by atoms with Crippen LogP contribution in [0.4, 0.5) is 6.01 Å². The van der Waals surface area contributed by atoms with Crippen molar-refractivity contribution >= 4 is 34.7 Å². The van der Waals surface area contributed by atoms with Gasteiger partial charge in [-0.2, -0.15) is 4.98 Å². The Bertz CT molecular complexity index is 1110. The number of fused-ring (bicyclic) bond motifs is 1. The molecule has 2 aromatic carbocycles. The third-order valence-corrected chi connectivity index (χ3v) is 5.97. The summed E-state index contributed by atoms with van der Waals surface area (Å²) < 4.78 is 11.4. The summed E-state index contributed by atoms with van der Waals surface area (Å²) in [5.41, 5.74) is 3.67. The smallest absolute Gasteiger partial charge is 0.341 e. The normalized spacial score (nSPS) is 17.3. The summed E-state index contributed by atoms with van der Waals surface area (Å²) in [5.74, 6) is 0.0142. The number of aromatic nitrogens is 1. The lowest BCUT2D eigenvalue weighted by Crippen LogP contribution is -2.55. The molecule has 0 unspecified atom stereocenters. The molecule has 1 atom stereocenters. The van der Waals surface area contributed by atoms with E-state index in [9.17, 15) is 4.79 Å². The average molecular weight is 458 g/mol. The predicted octanol–water partition coefficient (Wildman–Crippen LogP) is 4.60. The Kier molecular flexibility index (Phi) is 6.58. The first-order valence-corrected chi connectivity index (χ1v) is 11.2. The van der Waals surface area contributed by atoms with E-state index in [1.807, 2.05) is 31.2 Å². The standard InChI is InChI=1S/C24H28ClN3O4/c1-15(2)21-13-27(12-17-8-16(3)9-19(10-17)31-14-23(29)30)6-7-28(21)24-26-20-5-4-18(25)11-22(20)32-24/h4-5,8-11,15,21H,6-7,12-14H2,1-3H3,(H,29,30)/t21-/m1/s1. The third-order valence-electron chi connectivity index (χ3n) is 5.74. The van der Waals surface area contributed by atoms with E-state index < -0.39 is 5.97 Å². The summed E-state index contributed by atoms with van der Waals surface area (Å²) in [7, 11) is 0. The van der Waals surface area contributed by atoms with Crippen molar-refractivity contribution in [1.82, 2.24) is 9.88 Å². The van der Waals surface area contributed by atoms with Crippen LogP contribution in [0.5, 0.6) is 5.75 Å². The Hall–Kier alpha value is -2.77. The van der Waals surface area contributed by atoms with Crippen LogP contribution in [-0.4, -0.2) is 53.2 Å². The zero-order chi connectivity index (χ0) is 22.8. The van der Waals surface area contributed by atoms with E-state index in [1.54, 1.807) is 6.07 Å². The number of nitrogens with zero attached hydrogens (tertiary/aromatic N) is 3. The Morgan fingerprint density at radius 1 is 1.28 bits per heavy atom. The number of aryl methyl sites for hydroxylation is 1. The quantitative estimate of drug-likeness (QED) is 0.555. The molecule has 1 saturated heterocycles. The van der Waals surface area contributed by atoms with Crippen LogP contribution >= 0.6 is 11.6 Å².